The van der Waals surface area contributed by atoms with Crippen LogP contribution in [0.5, 0.6) is 0 Å². The minimum atomic E-state index is -0.835. The van der Waals surface area contributed by atoms with E-state index in [1.807, 2.05) is 6.92 Å². The SMILES string of the molecule is CCc1cnc(CNCc2cccc(F)c2F)o1. The molecule has 0 saturated carbocycles. The van der Waals surface area contributed by atoms with Crippen LogP contribution >= 0.6 is 0 Å². The number of nitrogens with one attached hydrogen (secondary N) is 1. The number of rotatable bonds is 5. The van der Waals surface area contributed by atoms with Gasteiger partial charge in [-0.3, -0.25) is 0 Å². The lowest BCUT2D eigenvalue weighted by molar-refractivity contribution is 0.435. The molecule has 0 aliphatic rings. The van der Waals surface area contributed by atoms with Gasteiger partial charge in [-0.15, -0.1) is 0 Å². The van der Waals surface area contributed by atoms with E-state index in [-0.39, 0.29) is 12.1 Å². The zero-order chi connectivity index (χ0) is 13.0. The van der Waals surface area contributed by atoms with Crippen LogP contribution in [-0.4, -0.2) is 4.98 Å². The van der Waals surface area contributed by atoms with E-state index in [4.69, 9.17) is 4.42 Å². The molecule has 0 spiro atoms. The average molecular weight is 252 g/mol. The summed E-state index contributed by atoms with van der Waals surface area (Å²) in [6.07, 6.45) is 2.45. The van der Waals surface area contributed by atoms with E-state index in [1.165, 1.54) is 6.07 Å². The van der Waals surface area contributed by atoms with Crippen molar-refractivity contribution in [2.24, 2.45) is 0 Å². The van der Waals surface area contributed by atoms with Crippen LogP contribution in [0.3, 0.4) is 0 Å². The van der Waals surface area contributed by atoms with Gasteiger partial charge in [-0.05, 0) is 6.07 Å². The highest BCUT2D eigenvalue weighted by atomic mass is 19.2. The molecule has 0 bridgehead atoms. The van der Waals surface area contributed by atoms with Crippen LogP contribution in [-0.2, 0) is 19.5 Å². The molecule has 0 aliphatic heterocycles. The van der Waals surface area contributed by atoms with Gasteiger partial charge >= 0.3 is 0 Å². The Morgan fingerprint density at radius 3 is 2.83 bits per heavy atom. The third-order valence-corrected chi connectivity index (χ3v) is 2.57. The topological polar surface area (TPSA) is 38.1 Å². The number of oxazole rings is 1. The van der Waals surface area contributed by atoms with Crippen LogP contribution in [0.2, 0.25) is 0 Å². The van der Waals surface area contributed by atoms with Gasteiger partial charge in [0, 0.05) is 18.5 Å². The first-order valence-electron chi connectivity index (χ1n) is 5.78. The summed E-state index contributed by atoms with van der Waals surface area (Å²) in [5.74, 6) is -0.294. The van der Waals surface area contributed by atoms with Gasteiger partial charge in [0.1, 0.15) is 5.76 Å². The van der Waals surface area contributed by atoms with Gasteiger partial charge in [-0.2, -0.15) is 0 Å². The second kappa shape index (κ2) is 5.73. The second-order valence-electron chi connectivity index (χ2n) is 3.89. The smallest absolute Gasteiger partial charge is 0.208 e. The summed E-state index contributed by atoms with van der Waals surface area (Å²) >= 11 is 0. The van der Waals surface area contributed by atoms with Crippen molar-refractivity contribution in [2.75, 3.05) is 0 Å². The van der Waals surface area contributed by atoms with Crippen molar-refractivity contribution in [3.05, 3.63) is 53.2 Å². The van der Waals surface area contributed by atoms with Crippen molar-refractivity contribution >= 4 is 0 Å². The molecule has 0 aliphatic carbocycles. The van der Waals surface area contributed by atoms with Crippen LogP contribution in [0.1, 0.15) is 24.1 Å². The van der Waals surface area contributed by atoms with Crippen molar-refractivity contribution < 1.29 is 13.2 Å². The van der Waals surface area contributed by atoms with Gasteiger partial charge in [-0.1, -0.05) is 19.1 Å². The third kappa shape index (κ3) is 2.92. The molecule has 96 valence electrons. The van der Waals surface area contributed by atoms with Gasteiger partial charge < -0.3 is 9.73 Å². The molecule has 0 unspecified atom stereocenters. The molecule has 2 aromatic rings. The lowest BCUT2D eigenvalue weighted by Crippen LogP contribution is -2.14. The van der Waals surface area contributed by atoms with E-state index in [1.54, 1.807) is 12.3 Å². The molecule has 5 heteroatoms. The lowest BCUT2D eigenvalue weighted by Gasteiger charge is -2.04. The Morgan fingerprint density at radius 1 is 1.28 bits per heavy atom. The van der Waals surface area contributed by atoms with Crippen LogP contribution in [0, 0.1) is 11.6 Å². The van der Waals surface area contributed by atoms with Crippen molar-refractivity contribution in [3.8, 4) is 0 Å². The van der Waals surface area contributed by atoms with E-state index >= 15 is 0 Å². The molecule has 1 N–H and O–H groups in total. The predicted molar refractivity (Wildman–Crippen MR) is 62.8 cm³/mol. The number of aromatic nitrogens is 1. The maximum absolute atomic E-state index is 13.3. The molecule has 0 amide bonds. The minimum absolute atomic E-state index is 0.230. The second-order valence-corrected chi connectivity index (χ2v) is 3.89. The molecular formula is C13H14F2N2O. The molecule has 3 nitrogen and oxygen atoms in total. The molecule has 0 atom stereocenters. The van der Waals surface area contributed by atoms with Crippen molar-refractivity contribution in [1.82, 2.24) is 10.3 Å². The first-order valence-corrected chi connectivity index (χ1v) is 5.78. The van der Waals surface area contributed by atoms with Gasteiger partial charge in [0.2, 0.25) is 5.89 Å². The summed E-state index contributed by atoms with van der Waals surface area (Å²) in [5, 5.41) is 2.96. The Hall–Kier alpha value is -1.75. The molecule has 0 fully saturated rings. The van der Waals surface area contributed by atoms with E-state index in [2.05, 4.69) is 10.3 Å². The molecular weight excluding hydrogens is 238 g/mol. The van der Waals surface area contributed by atoms with Gasteiger partial charge in [0.25, 0.3) is 0 Å². The Bertz CT molecular complexity index is 525. The summed E-state index contributed by atoms with van der Waals surface area (Å²) < 4.78 is 31.7. The third-order valence-electron chi connectivity index (χ3n) is 2.57. The highest BCUT2D eigenvalue weighted by molar-refractivity contribution is 5.18. The first-order chi connectivity index (χ1) is 8.70. The van der Waals surface area contributed by atoms with Crippen molar-refractivity contribution in [1.29, 1.82) is 0 Å². The number of benzene rings is 1. The average Bonchev–Trinajstić information content (AvgIpc) is 2.82. The van der Waals surface area contributed by atoms with E-state index in [0.29, 0.717) is 12.4 Å². The maximum atomic E-state index is 13.3. The number of hydrogen-bond acceptors (Lipinski definition) is 3. The van der Waals surface area contributed by atoms with Crippen LogP contribution in [0.15, 0.2) is 28.8 Å². The summed E-state index contributed by atoms with van der Waals surface area (Å²) in [6.45, 7) is 2.59. The van der Waals surface area contributed by atoms with Gasteiger partial charge in [0.15, 0.2) is 11.6 Å². The highest BCUT2D eigenvalue weighted by Crippen LogP contribution is 2.11. The first kappa shape index (κ1) is 12.7. The van der Waals surface area contributed by atoms with E-state index < -0.39 is 11.6 Å². The summed E-state index contributed by atoms with van der Waals surface area (Å²) in [6, 6.07) is 4.12. The fourth-order valence-electron chi connectivity index (χ4n) is 1.58. The number of aryl methyl sites for hydroxylation is 1. The standard InChI is InChI=1S/C13H14F2N2O/c1-2-10-7-17-12(18-10)8-16-6-9-4-3-5-11(14)13(9)15/h3-5,7,16H,2,6,8H2,1H3. The molecule has 2 rings (SSSR count). The highest BCUT2D eigenvalue weighted by Gasteiger charge is 2.07. The fraction of sp³-hybridized carbons (Fsp3) is 0.308. The Labute approximate surface area is 104 Å². The zero-order valence-electron chi connectivity index (χ0n) is 10.0. The summed E-state index contributed by atoms with van der Waals surface area (Å²) in [7, 11) is 0. The molecule has 1 aromatic carbocycles. The fourth-order valence-corrected chi connectivity index (χ4v) is 1.58. The van der Waals surface area contributed by atoms with Gasteiger partial charge in [0.05, 0.1) is 12.7 Å². The molecule has 0 radical (unpaired) electrons. The maximum Gasteiger partial charge on any atom is 0.208 e. The van der Waals surface area contributed by atoms with Crippen LogP contribution in [0.4, 0.5) is 8.78 Å². The van der Waals surface area contributed by atoms with Crippen LogP contribution in [0.25, 0.3) is 0 Å². The minimum Gasteiger partial charge on any atom is -0.444 e. The van der Waals surface area contributed by atoms with Crippen LogP contribution < -0.4 is 5.32 Å². The quantitative estimate of drug-likeness (QED) is 0.889. The lowest BCUT2D eigenvalue weighted by atomic mass is 10.2. The molecule has 1 aromatic heterocycles. The van der Waals surface area contributed by atoms with Crippen molar-refractivity contribution in [3.63, 3.8) is 0 Å². The largest absolute Gasteiger partial charge is 0.444 e. The van der Waals surface area contributed by atoms with E-state index in [9.17, 15) is 8.78 Å². The molecule has 18 heavy (non-hydrogen) atoms. The van der Waals surface area contributed by atoms with Crippen molar-refractivity contribution in [2.45, 2.75) is 26.4 Å². The zero-order valence-corrected chi connectivity index (χ0v) is 10.0. The molecule has 0 saturated heterocycles. The predicted octanol–water partition coefficient (Wildman–Crippen LogP) is 2.81. The monoisotopic (exact) mass is 252 g/mol. The summed E-state index contributed by atoms with van der Waals surface area (Å²) in [5.41, 5.74) is 0.289. The number of hydrogen-bond donors (Lipinski definition) is 1. The number of halogens is 2. The normalized spacial score (nSPS) is 10.8. The van der Waals surface area contributed by atoms with E-state index in [0.717, 1.165) is 18.2 Å². The summed E-state index contributed by atoms with van der Waals surface area (Å²) in [4.78, 5) is 4.06. The Balaban J connectivity index is 1.90. The number of nitrogens with zero attached hydrogens (tertiary/aromatic N) is 1. The van der Waals surface area contributed by atoms with Gasteiger partial charge in [-0.25, -0.2) is 13.8 Å². The Morgan fingerprint density at radius 2 is 2.11 bits per heavy atom. The Kier molecular flexibility index (Phi) is 4.04. The molecule has 1 heterocycles.